The highest BCUT2D eigenvalue weighted by Gasteiger charge is 2.20. The molecule has 0 fully saturated rings. The number of aromatic nitrogens is 3. The molecule has 0 amide bonds. The predicted octanol–water partition coefficient (Wildman–Crippen LogP) is 5.03. The van der Waals surface area contributed by atoms with Gasteiger partial charge in [0, 0.05) is 22.7 Å². The zero-order valence-corrected chi connectivity index (χ0v) is 19.3. The van der Waals surface area contributed by atoms with Crippen molar-refractivity contribution in [3.63, 3.8) is 0 Å². The minimum Gasteiger partial charge on any atom is -0.496 e. The van der Waals surface area contributed by atoms with Gasteiger partial charge < -0.3 is 15.0 Å². The van der Waals surface area contributed by atoms with Gasteiger partial charge in [0.1, 0.15) is 11.6 Å². The van der Waals surface area contributed by atoms with Crippen molar-refractivity contribution in [2.75, 3.05) is 12.4 Å². The van der Waals surface area contributed by atoms with E-state index in [4.69, 9.17) is 16.3 Å². The van der Waals surface area contributed by atoms with Crippen LogP contribution in [0.4, 0.5) is 5.82 Å². The van der Waals surface area contributed by atoms with Crippen LogP contribution in [0.5, 0.6) is 5.75 Å². The van der Waals surface area contributed by atoms with E-state index in [-0.39, 0.29) is 11.5 Å². The molecule has 0 aliphatic carbocycles. The molecule has 3 heterocycles. The number of anilines is 1. The molecule has 0 unspecified atom stereocenters. The first-order chi connectivity index (χ1) is 15.0. The fourth-order valence-corrected chi connectivity index (χ4v) is 4.35. The van der Waals surface area contributed by atoms with E-state index in [1.807, 2.05) is 12.1 Å². The van der Waals surface area contributed by atoms with Gasteiger partial charge in [0.2, 0.25) is 0 Å². The molecule has 7 nitrogen and oxygen atoms in total. The summed E-state index contributed by atoms with van der Waals surface area (Å²) in [6.45, 7) is 0.469. The molecule has 1 aromatic carbocycles. The third-order valence-corrected chi connectivity index (χ3v) is 6.29. The van der Waals surface area contributed by atoms with Gasteiger partial charge in [-0.3, -0.25) is 9.59 Å². The number of pyridine rings is 1. The van der Waals surface area contributed by atoms with Crippen molar-refractivity contribution >= 4 is 50.6 Å². The monoisotopic (exact) mass is 518 g/mol. The number of H-pyrrole nitrogens is 1. The Balaban J connectivity index is 1.75. The van der Waals surface area contributed by atoms with Crippen LogP contribution < -0.4 is 15.6 Å². The largest absolute Gasteiger partial charge is 0.496 e. The molecule has 0 saturated carbocycles. The van der Waals surface area contributed by atoms with Gasteiger partial charge in [-0.2, -0.15) is 9.78 Å². The molecule has 10 heteroatoms. The Labute approximate surface area is 194 Å². The number of nitrogens with zero attached hydrogens (tertiary/aromatic N) is 2. The topological polar surface area (TPSA) is 89.0 Å². The molecule has 0 atom stereocenters. The molecule has 0 aliphatic rings. The van der Waals surface area contributed by atoms with Crippen LogP contribution in [-0.4, -0.2) is 27.8 Å². The maximum Gasteiger partial charge on any atom is 0.283 e. The van der Waals surface area contributed by atoms with Crippen molar-refractivity contribution in [1.82, 2.24) is 14.8 Å². The molecule has 2 N–H and O–H groups in total. The number of thiophene rings is 1. The average molecular weight is 520 g/mol. The second-order valence-corrected chi connectivity index (χ2v) is 9.11. The van der Waals surface area contributed by atoms with Crippen LogP contribution in [0.25, 0.3) is 11.3 Å². The van der Waals surface area contributed by atoms with E-state index in [1.165, 1.54) is 23.1 Å². The van der Waals surface area contributed by atoms with Crippen LogP contribution in [0.2, 0.25) is 4.34 Å². The molecule has 0 bridgehead atoms. The van der Waals surface area contributed by atoms with E-state index in [1.54, 1.807) is 42.6 Å². The molecule has 3 aromatic heterocycles. The van der Waals surface area contributed by atoms with Gasteiger partial charge in [-0.25, -0.2) is 0 Å². The fraction of sp³-hybridized carbons (Fsp3) is 0.0952. The number of ether oxygens (including phenoxy) is 1. The van der Waals surface area contributed by atoms with E-state index < -0.39 is 0 Å². The number of hydrogen-bond acceptors (Lipinski definition) is 6. The third kappa shape index (κ3) is 4.58. The molecule has 0 radical (unpaired) electrons. The standard InChI is InChI=1S/C21H16BrClN4O3S/c1-30-17-5-3-2-4-14(17)21(29)27-19(24-11-13-6-7-18(23)31-13)9-16(26-27)12-8-15(22)20(28)25-10-12/h2-10,24H,11H2,1H3,(H,25,28). The van der Waals surface area contributed by atoms with E-state index in [0.717, 1.165) is 4.88 Å². The van der Waals surface area contributed by atoms with E-state index >= 15 is 0 Å². The van der Waals surface area contributed by atoms with Crippen LogP contribution in [0.1, 0.15) is 15.2 Å². The number of nitrogens with one attached hydrogen (secondary N) is 2. The first-order valence-electron chi connectivity index (χ1n) is 9.10. The number of methoxy groups -OCH3 is 1. The summed E-state index contributed by atoms with van der Waals surface area (Å²) in [6.07, 6.45) is 1.55. The number of carbonyl (C=O) groups is 1. The summed E-state index contributed by atoms with van der Waals surface area (Å²) in [5.41, 5.74) is 1.30. The minimum atomic E-state index is -0.348. The van der Waals surface area contributed by atoms with E-state index in [9.17, 15) is 9.59 Å². The second kappa shape index (κ2) is 9.09. The number of para-hydroxylation sites is 1. The summed E-state index contributed by atoms with van der Waals surface area (Å²) in [5, 5.41) is 7.76. The molecule has 158 valence electrons. The Hall–Kier alpha value is -2.88. The number of benzene rings is 1. The SMILES string of the molecule is COc1ccccc1C(=O)n1nc(-c2c[nH]c(=O)c(Br)c2)cc1NCc1ccc(Cl)s1. The first-order valence-corrected chi connectivity index (χ1v) is 11.1. The molecular weight excluding hydrogens is 504 g/mol. The van der Waals surface area contributed by atoms with Gasteiger partial charge in [-0.05, 0) is 46.3 Å². The van der Waals surface area contributed by atoms with Crippen LogP contribution in [0.3, 0.4) is 0 Å². The van der Waals surface area contributed by atoms with Gasteiger partial charge in [0.25, 0.3) is 11.5 Å². The number of carbonyl (C=O) groups excluding carboxylic acids is 1. The zero-order chi connectivity index (χ0) is 22.0. The molecular formula is C21H16BrClN4O3S. The lowest BCUT2D eigenvalue weighted by atomic mass is 10.2. The van der Waals surface area contributed by atoms with Crippen LogP contribution in [0, 0.1) is 0 Å². The number of aromatic amines is 1. The van der Waals surface area contributed by atoms with Crippen molar-refractivity contribution in [3.8, 4) is 17.0 Å². The quantitative estimate of drug-likeness (QED) is 0.373. The Bertz CT molecular complexity index is 1310. The van der Waals surface area contributed by atoms with Crippen molar-refractivity contribution in [2.45, 2.75) is 6.54 Å². The lowest BCUT2D eigenvalue weighted by Gasteiger charge is -2.10. The Morgan fingerprint density at radius 1 is 1.29 bits per heavy atom. The van der Waals surface area contributed by atoms with Gasteiger partial charge in [-0.15, -0.1) is 11.3 Å². The molecule has 4 aromatic rings. The van der Waals surface area contributed by atoms with Gasteiger partial charge >= 0.3 is 0 Å². The first kappa shape index (κ1) is 21.4. The van der Waals surface area contributed by atoms with Gasteiger partial charge in [0.15, 0.2) is 0 Å². The number of rotatable bonds is 6. The maximum absolute atomic E-state index is 13.3. The van der Waals surface area contributed by atoms with Crippen molar-refractivity contribution in [2.24, 2.45) is 0 Å². The summed E-state index contributed by atoms with van der Waals surface area (Å²) in [4.78, 5) is 28.7. The van der Waals surface area contributed by atoms with Crippen molar-refractivity contribution < 1.29 is 9.53 Å². The highest BCUT2D eigenvalue weighted by Crippen LogP contribution is 2.27. The van der Waals surface area contributed by atoms with E-state index in [0.29, 0.717) is 43.7 Å². The zero-order valence-electron chi connectivity index (χ0n) is 16.2. The summed E-state index contributed by atoms with van der Waals surface area (Å²) < 4.78 is 7.69. The Morgan fingerprint density at radius 3 is 2.81 bits per heavy atom. The predicted molar refractivity (Wildman–Crippen MR) is 125 cm³/mol. The molecule has 4 rings (SSSR count). The normalized spacial score (nSPS) is 10.8. The van der Waals surface area contributed by atoms with Crippen LogP contribution >= 0.6 is 38.9 Å². The lowest BCUT2D eigenvalue weighted by Crippen LogP contribution is -2.17. The minimum absolute atomic E-state index is 0.249. The fourth-order valence-electron chi connectivity index (χ4n) is 2.97. The van der Waals surface area contributed by atoms with Crippen LogP contribution in [-0.2, 0) is 6.54 Å². The molecule has 0 aliphatic heterocycles. The van der Waals surface area contributed by atoms with Gasteiger partial charge in [0.05, 0.1) is 33.7 Å². The summed E-state index contributed by atoms with van der Waals surface area (Å²) in [7, 11) is 1.51. The second-order valence-electron chi connectivity index (χ2n) is 6.46. The van der Waals surface area contributed by atoms with Crippen LogP contribution in [0.15, 0.2) is 64.0 Å². The number of hydrogen-bond donors (Lipinski definition) is 2. The third-order valence-electron chi connectivity index (χ3n) is 4.47. The highest BCUT2D eigenvalue weighted by atomic mass is 79.9. The number of halogens is 2. The van der Waals surface area contributed by atoms with Crippen molar-refractivity contribution in [3.05, 3.63) is 84.3 Å². The molecule has 0 saturated heterocycles. The average Bonchev–Trinajstić information content (AvgIpc) is 3.39. The molecule has 0 spiro atoms. The summed E-state index contributed by atoms with van der Waals surface area (Å²) in [6, 6.07) is 14.1. The Morgan fingerprint density at radius 2 is 2.10 bits per heavy atom. The maximum atomic E-state index is 13.3. The smallest absolute Gasteiger partial charge is 0.283 e. The lowest BCUT2D eigenvalue weighted by molar-refractivity contribution is 0.0945. The van der Waals surface area contributed by atoms with E-state index in [2.05, 4.69) is 31.3 Å². The molecule has 31 heavy (non-hydrogen) atoms. The Kier molecular flexibility index (Phi) is 6.26. The van der Waals surface area contributed by atoms with Crippen molar-refractivity contribution in [1.29, 1.82) is 0 Å². The highest BCUT2D eigenvalue weighted by molar-refractivity contribution is 9.10. The summed E-state index contributed by atoms with van der Waals surface area (Å²) >= 11 is 10.7. The van der Waals surface area contributed by atoms with Gasteiger partial charge in [-0.1, -0.05) is 23.7 Å². The summed E-state index contributed by atoms with van der Waals surface area (Å²) in [5.74, 6) is 0.601.